The van der Waals surface area contributed by atoms with E-state index in [1.165, 1.54) is 11.1 Å². The van der Waals surface area contributed by atoms with Crippen LogP contribution < -0.4 is 15.4 Å². The van der Waals surface area contributed by atoms with Crippen molar-refractivity contribution in [2.45, 2.75) is 37.1 Å². The standard InChI is InChI=1S/C23H26BrClN4O2/c1-31-21-19-14(11-18(27-21)16-3-2-4-17(24)20(16)25)5-6-15(19)12-29-10-8-23(13-29)7-9-26-22(30)28-23/h2-4,11,15H,5-10,12-13H2,1H3,(H2,26,28,30)/t15-,23+/m1/s1. The van der Waals surface area contributed by atoms with Gasteiger partial charge in [0.25, 0.3) is 0 Å². The van der Waals surface area contributed by atoms with Crippen molar-refractivity contribution in [3.05, 3.63) is 44.9 Å². The van der Waals surface area contributed by atoms with Crippen LogP contribution in [0.15, 0.2) is 28.7 Å². The van der Waals surface area contributed by atoms with E-state index in [9.17, 15) is 4.79 Å². The molecule has 0 bridgehead atoms. The zero-order valence-electron chi connectivity index (χ0n) is 17.5. The number of likely N-dealkylation sites (tertiary alicyclic amines) is 1. The molecule has 0 saturated carbocycles. The third kappa shape index (κ3) is 3.92. The van der Waals surface area contributed by atoms with Crippen molar-refractivity contribution in [2.75, 3.05) is 33.3 Å². The van der Waals surface area contributed by atoms with Gasteiger partial charge in [0.1, 0.15) is 0 Å². The van der Waals surface area contributed by atoms with Gasteiger partial charge in [0, 0.05) is 47.7 Å². The maximum Gasteiger partial charge on any atom is 0.315 e. The molecule has 2 fully saturated rings. The van der Waals surface area contributed by atoms with Crippen molar-refractivity contribution < 1.29 is 9.53 Å². The molecular weight excluding hydrogens is 480 g/mol. The molecule has 1 spiro atoms. The first-order chi connectivity index (χ1) is 15.0. The summed E-state index contributed by atoms with van der Waals surface area (Å²) in [5.74, 6) is 1.09. The fourth-order valence-electron chi connectivity index (χ4n) is 5.37. The van der Waals surface area contributed by atoms with Crippen LogP contribution in [0.4, 0.5) is 4.79 Å². The lowest BCUT2D eigenvalue weighted by Gasteiger charge is -2.35. The largest absolute Gasteiger partial charge is 0.481 e. The van der Waals surface area contributed by atoms with E-state index in [0.29, 0.717) is 16.8 Å². The third-order valence-electron chi connectivity index (χ3n) is 6.88. The van der Waals surface area contributed by atoms with E-state index < -0.39 is 0 Å². The Morgan fingerprint density at radius 1 is 1.39 bits per heavy atom. The zero-order chi connectivity index (χ0) is 21.6. The number of benzene rings is 1. The van der Waals surface area contributed by atoms with E-state index in [2.05, 4.69) is 37.5 Å². The third-order valence-corrected chi connectivity index (χ3v) is 8.18. The van der Waals surface area contributed by atoms with Gasteiger partial charge >= 0.3 is 6.03 Å². The molecule has 164 valence electrons. The molecule has 2 atom stereocenters. The van der Waals surface area contributed by atoms with Crippen LogP contribution in [-0.2, 0) is 6.42 Å². The Kier molecular flexibility index (Phi) is 5.61. The topological polar surface area (TPSA) is 66.5 Å². The van der Waals surface area contributed by atoms with Crippen LogP contribution in [0.25, 0.3) is 11.3 Å². The molecule has 6 nitrogen and oxygen atoms in total. The van der Waals surface area contributed by atoms with Crippen molar-refractivity contribution in [3.8, 4) is 17.1 Å². The van der Waals surface area contributed by atoms with Crippen molar-refractivity contribution >= 4 is 33.6 Å². The van der Waals surface area contributed by atoms with Gasteiger partial charge in [-0.1, -0.05) is 23.7 Å². The minimum absolute atomic E-state index is 0.0380. The SMILES string of the molecule is COc1nc(-c2cccc(Br)c2Cl)cc2c1[C@@H](CN1CC[C@@]3(CCNC(=O)N3)C1)CC2. The Labute approximate surface area is 195 Å². The number of aryl methyl sites for hydroxylation is 1. The van der Waals surface area contributed by atoms with Crippen LogP contribution >= 0.6 is 27.5 Å². The van der Waals surface area contributed by atoms with Gasteiger partial charge in [0.05, 0.1) is 23.4 Å². The smallest absolute Gasteiger partial charge is 0.315 e. The molecule has 8 heteroatoms. The molecule has 5 rings (SSSR count). The van der Waals surface area contributed by atoms with E-state index in [1.54, 1.807) is 7.11 Å². The number of fused-ring (bicyclic) bond motifs is 1. The zero-order valence-corrected chi connectivity index (χ0v) is 19.9. The van der Waals surface area contributed by atoms with Crippen LogP contribution in [0.2, 0.25) is 5.02 Å². The summed E-state index contributed by atoms with van der Waals surface area (Å²) in [6, 6.07) is 8.02. The number of nitrogens with zero attached hydrogens (tertiary/aromatic N) is 2. The quantitative estimate of drug-likeness (QED) is 0.648. The summed E-state index contributed by atoms with van der Waals surface area (Å²) in [6.07, 6.45) is 4.09. The van der Waals surface area contributed by atoms with Gasteiger partial charge in [-0.3, -0.25) is 0 Å². The maximum absolute atomic E-state index is 11.8. The molecule has 1 aromatic carbocycles. The number of halogens is 2. The molecule has 1 aliphatic carbocycles. The lowest BCUT2D eigenvalue weighted by atomic mass is 9.93. The van der Waals surface area contributed by atoms with Crippen molar-refractivity contribution in [2.24, 2.45) is 0 Å². The molecular formula is C23H26BrClN4O2. The van der Waals surface area contributed by atoms with E-state index in [4.69, 9.17) is 21.3 Å². The highest BCUT2D eigenvalue weighted by Crippen LogP contribution is 2.43. The Balaban J connectivity index is 1.38. The summed E-state index contributed by atoms with van der Waals surface area (Å²) < 4.78 is 6.62. The number of carbonyl (C=O) groups excluding carboxylic acids is 1. The molecule has 2 N–H and O–H groups in total. The fourth-order valence-corrected chi connectivity index (χ4v) is 5.96. The Bertz CT molecular complexity index is 1030. The number of ether oxygens (including phenoxy) is 1. The highest BCUT2D eigenvalue weighted by atomic mass is 79.9. The van der Waals surface area contributed by atoms with Crippen molar-refractivity contribution in [3.63, 3.8) is 0 Å². The average Bonchev–Trinajstić information content (AvgIpc) is 3.33. The molecule has 2 amide bonds. The molecule has 31 heavy (non-hydrogen) atoms. The second-order valence-electron chi connectivity index (χ2n) is 8.82. The predicted molar refractivity (Wildman–Crippen MR) is 125 cm³/mol. The highest BCUT2D eigenvalue weighted by Gasteiger charge is 2.42. The predicted octanol–water partition coefficient (Wildman–Crippen LogP) is 4.35. The van der Waals surface area contributed by atoms with Gasteiger partial charge in [-0.25, -0.2) is 9.78 Å². The molecule has 3 aliphatic rings. The summed E-state index contributed by atoms with van der Waals surface area (Å²) in [6.45, 7) is 3.64. The summed E-state index contributed by atoms with van der Waals surface area (Å²) in [4.78, 5) is 19.2. The average molecular weight is 506 g/mol. The number of amides is 2. The number of carbonyl (C=O) groups is 1. The second-order valence-corrected chi connectivity index (χ2v) is 10.1. The normalized spacial score (nSPS) is 25.4. The molecule has 2 saturated heterocycles. The number of pyridine rings is 1. The molecule has 2 aromatic rings. The lowest BCUT2D eigenvalue weighted by molar-refractivity contribution is 0.201. The number of rotatable bonds is 4. The van der Waals surface area contributed by atoms with Crippen LogP contribution in [0.5, 0.6) is 5.88 Å². The lowest BCUT2D eigenvalue weighted by Crippen LogP contribution is -2.59. The van der Waals surface area contributed by atoms with E-state index in [0.717, 1.165) is 67.6 Å². The summed E-state index contributed by atoms with van der Waals surface area (Å²) >= 11 is 10.0. The first kappa shape index (κ1) is 21.0. The first-order valence-electron chi connectivity index (χ1n) is 10.8. The van der Waals surface area contributed by atoms with Gasteiger partial charge in [0.2, 0.25) is 5.88 Å². The number of nitrogens with one attached hydrogen (secondary N) is 2. The van der Waals surface area contributed by atoms with E-state index in [-0.39, 0.29) is 11.6 Å². The summed E-state index contributed by atoms with van der Waals surface area (Å²) in [5, 5.41) is 6.71. The fraction of sp³-hybridized carbons (Fsp3) is 0.478. The number of hydrogen-bond acceptors (Lipinski definition) is 4. The second kappa shape index (κ2) is 8.26. The van der Waals surface area contributed by atoms with Crippen LogP contribution in [0, 0.1) is 0 Å². The Morgan fingerprint density at radius 3 is 3.06 bits per heavy atom. The van der Waals surface area contributed by atoms with Crippen LogP contribution in [-0.4, -0.2) is 54.7 Å². The number of hydrogen-bond donors (Lipinski definition) is 2. The maximum atomic E-state index is 11.8. The minimum atomic E-state index is -0.0760. The monoisotopic (exact) mass is 504 g/mol. The van der Waals surface area contributed by atoms with Crippen LogP contribution in [0.1, 0.15) is 36.3 Å². The van der Waals surface area contributed by atoms with E-state index in [1.807, 2.05) is 18.2 Å². The molecule has 0 unspecified atom stereocenters. The van der Waals surface area contributed by atoms with Gasteiger partial charge in [-0.2, -0.15) is 0 Å². The highest BCUT2D eigenvalue weighted by molar-refractivity contribution is 9.10. The minimum Gasteiger partial charge on any atom is -0.481 e. The Hall–Kier alpha value is -1.83. The van der Waals surface area contributed by atoms with Gasteiger partial charge < -0.3 is 20.3 Å². The Morgan fingerprint density at radius 2 is 2.26 bits per heavy atom. The van der Waals surface area contributed by atoms with Gasteiger partial charge in [-0.15, -0.1) is 0 Å². The van der Waals surface area contributed by atoms with Crippen molar-refractivity contribution in [1.29, 1.82) is 0 Å². The van der Waals surface area contributed by atoms with Gasteiger partial charge in [0.15, 0.2) is 0 Å². The van der Waals surface area contributed by atoms with Crippen molar-refractivity contribution in [1.82, 2.24) is 20.5 Å². The molecule has 2 aliphatic heterocycles. The van der Waals surface area contributed by atoms with Gasteiger partial charge in [-0.05, 0) is 59.3 Å². The number of methoxy groups -OCH3 is 1. The number of aromatic nitrogens is 1. The number of urea groups is 1. The molecule has 1 aromatic heterocycles. The summed E-state index contributed by atoms with van der Waals surface area (Å²) in [5.41, 5.74) is 4.20. The van der Waals surface area contributed by atoms with Crippen LogP contribution in [0.3, 0.4) is 0 Å². The van der Waals surface area contributed by atoms with E-state index >= 15 is 0 Å². The molecule has 3 heterocycles. The first-order valence-corrected chi connectivity index (χ1v) is 12.0. The molecule has 0 radical (unpaired) electrons. The summed E-state index contributed by atoms with van der Waals surface area (Å²) in [7, 11) is 1.69.